The topological polar surface area (TPSA) is 0 Å². The van der Waals surface area contributed by atoms with Crippen molar-refractivity contribution in [3.05, 3.63) is 0 Å². The molecule has 3 aliphatic rings. The molecule has 0 aliphatic heterocycles. The lowest BCUT2D eigenvalue weighted by Crippen LogP contribution is -2.34. The summed E-state index contributed by atoms with van der Waals surface area (Å²) in [5.41, 5.74) is 0. The predicted octanol–water partition coefficient (Wildman–Crippen LogP) is 2.44. The van der Waals surface area contributed by atoms with Crippen LogP contribution < -0.4 is 0 Å². The van der Waals surface area contributed by atoms with Crippen LogP contribution in [0.1, 0.15) is 32.6 Å². The predicted molar refractivity (Wildman–Crippen MR) is 34.6 cm³/mol. The summed E-state index contributed by atoms with van der Waals surface area (Å²) in [7, 11) is 0. The Morgan fingerprint density at radius 3 is 2.12 bits per heavy atom. The van der Waals surface area contributed by atoms with Crippen molar-refractivity contribution in [3.63, 3.8) is 0 Å². The first-order valence-corrected chi connectivity index (χ1v) is 3.86. The van der Waals surface area contributed by atoms with Gasteiger partial charge >= 0.3 is 0 Å². The Balaban J connectivity index is 2.01. The lowest BCUT2D eigenvalue weighted by Gasteiger charge is -2.45. The van der Waals surface area contributed by atoms with Gasteiger partial charge in [0.2, 0.25) is 0 Å². The van der Waals surface area contributed by atoms with E-state index in [9.17, 15) is 0 Å². The molecule has 46 valence electrons. The van der Waals surface area contributed by atoms with Gasteiger partial charge in [0.15, 0.2) is 0 Å². The molecule has 0 aromatic carbocycles. The number of fused-ring (bicyclic) bond motifs is 2. The van der Waals surface area contributed by atoms with Gasteiger partial charge in [-0.05, 0) is 30.6 Å². The monoisotopic (exact) mass is 110 g/mol. The van der Waals surface area contributed by atoms with Crippen LogP contribution in [0.25, 0.3) is 0 Å². The minimum absolute atomic E-state index is 1.07. The Bertz CT molecular complexity index is 84.7. The van der Waals surface area contributed by atoms with Crippen LogP contribution in [-0.2, 0) is 0 Å². The van der Waals surface area contributed by atoms with Crippen molar-refractivity contribution in [2.24, 2.45) is 17.8 Å². The molecule has 0 heterocycles. The van der Waals surface area contributed by atoms with Gasteiger partial charge in [-0.3, -0.25) is 0 Å². The lowest BCUT2D eigenvalue weighted by atomic mass is 9.61. The first-order valence-electron chi connectivity index (χ1n) is 3.86. The van der Waals surface area contributed by atoms with Gasteiger partial charge in [-0.2, -0.15) is 0 Å². The minimum Gasteiger partial charge on any atom is -0.0622 e. The second kappa shape index (κ2) is 1.49. The largest absolute Gasteiger partial charge is 0.0622 e. The van der Waals surface area contributed by atoms with E-state index in [1.165, 1.54) is 12.8 Å². The van der Waals surface area contributed by atoms with E-state index in [0.29, 0.717) is 0 Å². The second-order valence-corrected chi connectivity index (χ2v) is 3.65. The molecular formula is C8H14. The number of hydrogen-bond acceptors (Lipinski definition) is 0. The Labute approximate surface area is 51.3 Å². The summed E-state index contributed by atoms with van der Waals surface area (Å²) in [5.74, 6) is 3.38. The summed E-state index contributed by atoms with van der Waals surface area (Å²) in [5, 5.41) is 0. The SMILES string of the molecule is CC1CCC2CC1C2. The summed E-state index contributed by atoms with van der Waals surface area (Å²) in [6, 6.07) is 0. The van der Waals surface area contributed by atoms with Gasteiger partial charge in [0.1, 0.15) is 0 Å². The molecule has 3 rings (SSSR count). The van der Waals surface area contributed by atoms with E-state index < -0.39 is 0 Å². The summed E-state index contributed by atoms with van der Waals surface area (Å²) in [6.07, 6.45) is 6.20. The van der Waals surface area contributed by atoms with Gasteiger partial charge in [0.25, 0.3) is 0 Å². The van der Waals surface area contributed by atoms with Crippen molar-refractivity contribution in [3.8, 4) is 0 Å². The average molecular weight is 110 g/mol. The molecule has 0 saturated heterocycles. The zero-order chi connectivity index (χ0) is 5.56. The zero-order valence-corrected chi connectivity index (χ0v) is 5.56. The van der Waals surface area contributed by atoms with E-state index in [4.69, 9.17) is 0 Å². The smallest absolute Gasteiger partial charge is 0.0383 e. The summed E-state index contributed by atoms with van der Waals surface area (Å²) in [4.78, 5) is 0. The van der Waals surface area contributed by atoms with Crippen LogP contribution in [0.2, 0.25) is 0 Å². The molecule has 0 spiro atoms. The maximum atomic E-state index is 2.42. The fourth-order valence-corrected chi connectivity index (χ4v) is 2.22. The van der Waals surface area contributed by atoms with Crippen molar-refractivity contribution in [2.45, 2.75) is 32.6 Å². The molecular weight excluding hydrogens is 96.1 g/mol. The highest BCUT2D eigenvalue weighted by Gasteiger charge is 2.37. The van der Waals surface area contributed by atoms with Crippen LogP contribution in [0.3, 0.4) is 0 Å². The van der Waals surface area contributed by atoms with E-state index >= 15 is 0 Å². The normalized spacial score (nSPS) is 52.9. The van der Waals surface area contributed by atoms with Crippen molar-refractivity contribution >= 4 is 0 Å². The summed E-state index contributed by atoms with van der Waals surface area (Å²) in [6.45, 7) is 2.42. The molecule has 3 saturated carbocycles. The standard InChI is InChI=1S/C8H14/c1-6-2-3-7-4-8(6)5-7/h6-8H,2-5H2,1H3. The highest BCUT2D eigenvalue weighted by molar-refractivity contribution is 4.88. The van der Waals surface area contributed by atoms with Gasteiger partial charge in [0, 0.05) is 0 Å². The van der Waals surface area contributed by atoms with Crippen LogP contribution in [-0.4, -0.2) is 0 Å². The van der Waals surface area contributed by atoms with E-state index in [1.807, 2.05) is 0 Å². The van der Waals surface area contributed by atoms with E-state index in [0.717, 1.165) is 17.8 Å². The molecule has 0 aromatic heterocycles. The van der Waals surface area contributed by atoms with Crippen molar-refractivity contribution in [1.29, 1.82) is 0 Å². The van der Waals surface area contributed by atoms with Gasteiger partial charge in [-0.25, -0.2) is 0 Å². The van der Waals surface area contributed by atoms with Gasteiger partial charge in [0.05, 0.1) is 0 Å². The molecule has 0 heteroatoms. The molecule has 0 nitrogen and oxygen atoms in total. The van der Waals surface area contributed by atoms with E-state index in [2.05, 4.69) is 6.92 Å². The second-order valence-electron chi connectivity index (χ2n) is 3.65. The average Bonchev–Trinajstić information content (AvgIpc) is 1.62. The van der Waals surface area contributed by atoms with Crippen LogP contribution in [0.5, 0.6) is 0 Å². The molecule has 0 radical (unpaired) electrons. The highest BCUT2D eigenvalue weighted by Crippen LogP contribution is 2.48. The third-order valence-corrected chi connectivity index (χ3v) is 3.11. The summed E-state index contributed by atoms with van der Waals surface area (Å²) < 4.78 is 0. The van der Waals surface area contributed by atoms with Crippen molar-refractivity contribution < 1.29 is 0 Å². The minimum atomic E-state index is 1.07. The first-order chi connectivity index (χ1) is 3.86. The molecule has 3 aliphatic carbocycles. The molecule has 1 unspecified atom stereocenters. The Kier molecular flexibility index (Phi) is 0.902. The maximum Gasteiger partial charge on any atom is -0.0383 e. The number of rotatable bonds is 0. The van der Waals surface area contributed by atoms with Crippen LogP contribution in [0.15, 0.2) is 0 Å². The van der Waals surface area contributed by atoms with Crippen molar-refractivity contribution in [2.75, 3.05) is 0 Å². The van der Waals surface area contributed by atoms with Crippen LogP contribution in [0.4, 0.5) is 0 Å². The molecule has 3 fully saturated rings. The van der Waals surface area contributed by atoms with Gasteiger partial charge in [-0.1, -0.05) is 19.8 Å². The maximum absolute atomic E-state index is 2.42. The fourth-order valence-electron chi connectivity index (χ4n) is 2.22. The molecule has 0 N–H and O–H groups in total. The first kappa shape index (κ1) is 4.84. The molecule has 1 atom stereocenters. The fraction of sp³-hybridized carbons (Fsp3) is 1.00. The van der Waals surface area contributed by atoms with Crippen molar-refractivity contribution in [1.82, 2.24) is 0 Å². The third kappa shape index (κ3) is 0.519. The van der Waals surface area contributed by atoms with Gasteiger partial charge < -0.3 is 0 Å². The summed E-state index contributed by atoms with van der Waals surface area (Å²) >= 11 is 0. The quantitative estimate of drug-likeness (QED) is 0.449. The molecule has 8 heavy (non-hydrogen) atoms. The Hall–Kier alpha value is 0. The highest BCUT2D eigenvalue weighted by atomic mass is 14.4. The zero-order valence-electron chi connectivity index (χ0n) is 5.56. The van der Waals surface area contributed by atoms with E-state index in [1.54, 1.807) is 12.8 Å². The van der Waals surface area contributed by atoms with E-state index in [-0.39, 0.29) is 0 Å². The van der Waals surface area contributed by atoms with Crippen LogP contribution in [0, 0.1) is 17.8 Å². The third-order valence-electron chi connectivity index (χ3n) is 3.11. The van der Waals surface area contributed by atoms with Crippen LogP contribution >= 0.6 is 0 Å². The number of hydrogen-bond donors (Lipinski definition) is 0. The molecule has 0 aromatic rings. The Morgan fingerprint density at radius 1 is 1.12 bits per heavy atom. The lowest BCUT2D eigenvalue weighted by molar-refractivity contribution is 0.0599. The Morgan fingerprint density at radius 2 is 1.88 bits per heavy atom. The molecule has 2 bridgehead atoms. The van der Waals surface area contributed by atoms with Gasteiger partial charge in [-0.15, -0.1) is 0 Å². The molecule has 0 amide bonds.